The number of carbonyl (C=O) groups is 1. The van der Waals surface area contributed by atoms with Crippen LogP contribution in [0.4, 0.5) is 0 Å². The fourth-order valence-corrected chi connectivity index (χ4v) is 2.93. The van der Waals surface area contributed by atoms with Gasteiger partial charge in [0.05, 0.1) is 10.6 Å². The lowest BCUT2D eigenvalue weighted by molar-refractivity contribution is 0.0910. The fourth-order valence-electron chi connectivity index (χ4n) is 2.64. The Bertz CT molecular complexity index is 475. The van der Waals surface area contributed by atoms with Crippen molar-refractivity contribution in [3.8, 4) is 0 Å². The van der Waals surface area contributed by atoms with Crippen molar-refractivity contribution in [3.05, 3.63) is 28.5 Å². The Balaban J connectivity index is 2.01. The van der Waals surface area contributed by atoms with Crippen LogP contribution in [-0.4, -0.2) is 16.9 Å². The minimum Gasteiger partial charge on any atom is -0.349 e. The van der Waals surface area contributed by atoms with E-state index in [4.69, 9.17) is 11.6 Å². The van der Waals surface area contributed by atoms with Gasteiger partial charge in [-0.05, 0) is 44.1 Å². The summed E-state index contributed by atoms with van der Waals surface area (Å²) in [5, 5.41) is 3.56. The molecule has 1 heterocycles. The van der Waals surface area contributed by atoms with E-state index in [-0.39, 0.29) is 11.9 Å². The number of nitrogens with one attached hydrogen (secondary N) is 1. The first kappa shape index (κ1) is 14.3. The highest BCUT2D eigenvalue weighted by atomic mass is 35.5. The van der Waals surface area contributed by atoms with E-state index < -0.39 is 0 Å². The van der Waals surface area contributed by atoms with Crippen LogP contribution in [0.1, 0.15) is 49.2 Å². The van der Waals surface area contributed by atoms with Gasteiger partial charge in [0, 0.05) is 17.9 Å². The molecule has 0 spiro atoms. The van der Waals surface area contributed by atoms with E-state index in [2.05, 4.69) is 24.1 Å². The summed E-state index contributed by atoms with van der Waals surface area (Å²) < 4.78 is 0. The molecule has 19 heavy (non-hydrogen) atoms. The molecule has 2 rings (SSSR count). The molecule has 1 fully saturated rings. The second kappa shape index (κ2) is 5.91. The van der Waals surface area contributed by atoms with E-state index in [0.717, 1.165) is 24.5 Å². The summed E-state index contributed by atoms with van der Waals surface area (Å²) in [7, 11) is 0. The van der Waals surface area contributed by atoms with E-state index in [1.165, 1.54) is 6.42 Å². The largest absolute Gasteiger partial charge is 0.349 e. The Morgan fingerprint density at radius 2 is 2.11 bits per heavy atom. The highest BCUT2D eigenvalue weighted by Crippen LogP contribution is 2.29. The van der Waals surface area contributed by atoms with Gasteiger partial charge in [-0.2, -0.15) is 0 Å². The van der Waals surface area contributed by atoms with Gasteiger partial charge in [0.25, 0.3) is 5.91 Å². The lowest BCUT2D eigenvalue weighted by Gasteiger charge is -2.32. The molecule has 1 N–H and O–H groups in total. The Labute approximate surface area is 119 Å². The molecule has 0 saturated heterocycles. The number of amides is 1. The van der Waals surface area contributed by atoms with E-state index in [1.807, 2.05) is 6.92 Å². The molecular formula is C15H21ClN2O. The highest BCUT2D eigenvalue weighted by Gasteiger charge is 2.26. The molecule has 1 aromatic rings. The van der Waals surface area contributed by atoms with E-state index in [1.54, 1.807) is 12.3 Å². The molecule has 0 aromatic carbocycles. The van der Waals surface area contributed by atoms with E-state index in [0.29, 0.717) is 16.5 Å². The zero-order valence-corrected chi connectivity index (χ0v) is 12.5. The van der Waals surface area contributed by atoms with Gasteiger partial charge in [-0.3, -0.25) is 9.78 Å². The van der Waals surface area contributed by atoms with Crippen LogP contribution < -0.4 is 5.32 Å². The normalized spacial score (nSPS) is 27.1. The first-order chi connectivity index (χ1) is 8.97. The summed E-state index contributed by atoms with van der Waals surface area (Å²) in [5.74, 6) is 1.30. The number of halogens is 1. The van der Waals surface area contributed by atoms with Crippen molar-refractivity contribution in [3.63, 3.8) is 0 Å². The molecule has 3 atom stereocenters. The summed E-state index contributed by atoms with van der Waals surface area (Å²) in [5.41, 5.74) is 1.29. The first-order valence-electron chi connectivity index (χ1n) is 6.90. The highest BCUT2D eigenvalue weighted by molar-refractivity contribution is 6.33. The second-order valence-corrected chi connectivity index (χ2v) is 6.15. The Morgan fingerprint density at radius 3 is 2.74 bits per heavy atom. The van der Waals surface area contributed by atoms with Gasteiger partial charge in [-0.1, -0.05) is 25.4 Å². The zero-order chi connectivity index (χ0) is 14.0. The maximum absolute atomic E-state index is 12.2. The number of rotatable bonds is 2. The van der Waals surface area contributed by atoms with Gasteiger partial charge in [0.2, 0.25) is 0 Å². The van der Waals surface area contributed by atoms with Gasteiger partial charge < -0.3 is 5.32 Å². The number of carbonyl (C=O) groups excluding carboxylic acids is 1. The third kappa shape index (κ3) is 3.47. The maximum Gasteiger partial charge on any atom is 0.254 e. The predicted molar refractivity (Wildman–Crippen MR) is 77.4 cm³/mol. The molecule has 104 valence electrons. The predicted octanol–water partition coefficient (Wildman–Crippen LogP) is 3.60. The molecule has 1 aliphatic rings. The molecule has 1 aliphatic carbocycles. The summed E-state index contributed by atoms with van der Waals surface area (Å²) in [4.78, 5) is 16.3. The fraction of sp³-hybridized carbons (Fsp3) is 0.600. The van der Waals surface area contributed by atoms with Crippen molar-refractivity contribution in [1.82, 2.24) is 10.3 Å². The van der Waals surface area contributed by atoms with Crippen LogP contribution in [0.3, 0.4) is 0 Å². The molecule has 0 radical (unpaired) electrons. The SMILES string of the molecule is Cc1cc(Cl)c(C(=O)NC2CCC(C)C(C)C2)cn1. The molecular weight excluding hydrogens is 260 g/mol. The molecule has 3 nitrogen and oxygen atoms in total. The second-order valence-electron chi connectivity index (χ2n) is 5.74. The van der Waals surface area contributed by atoms with Crippen LogP contribution in [0.25, 0.3) is 0 Å². The number of hydrogen-bond donors (Lipinski definition) is 1. The third-order valence-corrected chi connectivity index (χ3v) is 4.48. The summed E-state index contributed by atoms with van der Waals surface area (Å²) in [6, 6.07) is 1.98. The maximum atomic E-state index is 12.2. The lowest BCUT2D eigenvalue weighted by atomic mass is 9.79. The topological polar surface area (TPSA) is 42.0 Å². The van der Waals surface area contributed by atoms with Crippen molar-refractivity contribution < 1.29 is 4.79 Å². The van der Waals surface area contributed by atoms with Crippen molar-refractivity contribution in [2.75, 3.05) is 0 Å². The number of nitrogens with zero attached hydrogens (tertiary/aromatic N) is 1. The van der Waals surface area contributed by atoms with Gasteiger partial charge in [-0.25, -0.2) is 0 Å². The van der Waals surface area contributed by atoms with Crippen LogP contribution in [0, 0.1) is 18.8 Å². The Morgan fingerprint density at radius 1 is 1.37 bits per heavy atom. The average Bonchev–Trinajstić information content (AvgIpc) is 2.33. The molecule has 1 amide bonds. The quantitative estimate of drug-likeness (QED) is 0.899. The molecule has 0 bridgehead atoms. The molecule has 1 saturated carbocycles. The summed E-state index contributed by atoms with van der Waals surface area (Å²) in [6.45, 7) is 6.39. The molecule has 3 unspecified atom stereocenters. The number of aryl methyl sites for hydroxylation is 1. The van der Waals surface area contributed by atoms with Gasteiger partial charge in [0.1, 0.15) is 0 Å². The van der Waals surface area contributed by atoms with Crippen molar-refractivity contribution in [1.29, 1.82) is 0 Å². The van der Waals surface area contributed by atoms with Crippen molar-refractivity contribution in [2.45, 2.75) is 46.1 Å². The molecule has 1 aromatic heterocycles. The minimum absolute atomic E-state index is 0.107. The van der Waals surface area contributed by atoms with Gasteiger partial charge in [0.15, 0.2) is 0 Å². The smallest absolute Gasteiger partial charge is 0.254 e. The van der Waals surface area contributed by atoms with Crippen molar-refractivity contribution >= 4 is 17.5 Å². The van der Waals surface area contributed by atoms with Crippen LogP contribution in [-0.2, 0) is 0 Å². The van der Waals surface area contributed by atoms with E-state index >= 15 is 0 Å². The van der Waals surface area contributed by atoms with Gasteiger partial charge >= 0.3 is 0 Å². The summed E-state index contributed by atoms with van der Waals surface area (Å²) >= 11 is 6.09. The zero-order valence-electron chi connectivity index (χ0n) is 11.7. The van der Waals surface area contributed by atoms with E-state index in [9.17, 15) is 4.79 Å². The number of aromatic nitrogens is 1. The van der Waals surface area contributed by atoms with Crippen LogP contribution >= 0.6 is 11.6 Å². The average molecular weight is 281 g/mol. The Kier molecular flexibility index (Phi) is 4.46. The summed E-state index contributed by atoms with van der Waals surface area (Å²) in [6.07, 6.45) is 4.83. The monoisotopic (exact) mass is 280 g/mol. The molecule has 0 aliphatic heterocycles. The first-order valence-corrected chi connectivity index (χ1v) is 7.28. The van der Waals surface area contributed by atoms with Crippen LogP contribution in [0.5, 0.6) is 0 Å². The minimum atomic E-state index is -0.107. The number of pyridine rings is 1. The standard InChI is InChI=1S/C15H21ClN2O/c1-9-4-5-12(6-10(9)2)18-15(19)13-8-17-11(3)7-14(13)16/h7-10,12H,4-6H2,1-3H3,(H,18,19). The molecule has 4 heteroatoms. The van der Waals surface area contributed by atoms with Crippen LogP contribution in [0.15, 0.2) is 12.3 Å². The van der Waals surface area contributed by atoms with Gasteiger partial charge in [-0.15, -0.1) is 0 Å². The van der Waals surface area contributed by atoms with Crippen LogP contribution in [0.2, 0.25) is 5.02 Å². The number of hydrogen-bond acceptors (Lipinski definition) is 2. The Hall–Kier alpha value is -1.09. The van der Waals surface area contributed by atoms with Crippen molar-refractivity contribution in [2.24, 2.45) is 11.8 Å². The third-order valence-electron chi connectivity index (χ3n) is 4.17. The lowest BCUT2D eigenvalue weighted by Crippen LogP contribution is -2.40.